The van der Waals surface area contributed by atoms with E-state index in [-0.39, 0.29) is 47.9 Å². The SMILES string of the molecule is CC1Cc2c(ccc3[nH]ncc23)C(c2ccc(N3CCC4(CCN(C(=O)CN5Cc6cc7c(cc6C5)C(=O)N(C5CCC(=O)NC5=O)C7=O)CC4)CC3)cn2)N1CC(F)(F)F. The molecule has 2 aromatic heterocycles. The van der Waals surface area contributed by atoms with Gasteiger partial charge in [0.15, 0.2) is 0 Å². The van der Waals surface area contributed by atoms with Gasteiger partial charge in [-0.1, -0.05) is 6.07 Å². The summed E-state index contributed by atoms with van der Waals surface area (Å²) < 4.78 is 41.7. The molecule has 3 fully saturated rings. The van der Waals surface area contributed by atoms with E-state index in [0.717, 1.165) is 82.5 Å². The van der Waals surface area contributed by atoms with E-state index >= 15 is 0 Å². The first-order valence-corrected chi connectivity index (χ1v) is 21.1. The number of aromatic amines is 1. The Morgan fingerprint density at radius 1 is 0.902 bits per heavy atom. The lowest BCUT2D eigenvalue weighted by Crippen LogP contribution is -2.54. The number of pyridine rings is 1. The van der Waals surface area contributed by atoms with Crippen LogP contribution < -0.4 is 10.2 Å². The lowest BCUT2D eigenvalue weighted by atomic mass is 9.71. The first-order chi connectivity index (χ1) is 29.2. The van der Waals surface area contributed by atoms with Crippen LogP contribution in [0.25, 0.3) is 10.9 Å². The maximum atomic E-state index is 13.9. The van der Waals surface area contributed by atoms with Gasteiger partial charge in [-0.3, -0.25) is 54.1 Å². The van der Waals surface area contributed by atoms with Crippen LogP contribution in [0.15, 0.2) is 48.8 Å². The monoisotopic (exact) mass is 837 g/mol. The Hall–Kier alpha value is -5.68. The molecule has 2 N–H and O–H groups in total. The van der Waals surface area contributed by atoms with E-state index in [1.54, 1.807) is 24.5 Å². The van der Waals surface area contributed by atoms with Crippen LogP contribution in [0.4, 0.5) is 18.9 Å². The van der Waals surface area contributed by atoms with Crippen molar-refractivity contribution in [3.8, 4) is 0 Å². The van der Waals surface area contributed by atoms with Gasteiger partial charge in [-0.25, -0.2) is 0 Å². The van der Waals surface area contributed by atoms with Crippen LogP contribution in [0, 0.1) is 5.41 Å². The fourth-order valence-electron chi connectivity index (χ4n) is 10.8. The summed E-state index contributed by atoms with van der Waals surface area (Å²) in [6, 6.07) is 9.04. The van der Waals surface area contributed by atoms with Gasteiger partial charge in [0.05, 0.1) is 59.5 Å². The molecule has 0 bridgehead atoms. The van der Waals surface area contributed by atoms with Gasteiger partial charge in [-0.2, -0.15) is 18.3 Å². The third kappa shape index (κ3) is 7.04. The molecule has 10 rings (SSSR count). The molecular formula is C44H46F3N9O5. The first kappa shape index (κ1) is 39.5. The molecule has 61 heavy (non-hydrogen) atoms. The number of halogens is 3. The normalized spacial score (nSPS) is 24.4. The molecule has 3 atom stereocenters. The summed E-state index contributed by atoms with van der Waals surface area (Å²) in [5.41, 5.74) is 6.59. The number of amides is 5. The highest BCUT2D eigenvalue weighted by molar-refractivity contribution is 6.23. The number of fused-ring (bicyclic) bond motifs is 5. The Morgan fingerprint density at radius 2 is 1.59 bits per heavy atom. The highest BCUT2D eigenvalue weighted by Crippen LogP contribution is 2.44. The number of carbonyl (C=O) groups is 5. The third-order valence-electron chi connectivity index (χ3n) is 14.1. The fourth-order valence-corrected chi connectivity index (χ4v) is 10.8. The van der Waals surface area contributed by atoms with E-state index < -0.39 is 48.4 Å². The molecule has 8 heterocycles. The van der Waals surface area contributed by atoms with Gasteiger partial charge in [0.25, 0.3) is 11.8 Å². The van der Waals surface area contributed by atoms with Crippen LogP contribution in [-0.4, -0.2) is 122 Å². The van der Waals surface area contributed by atoms with E-state index in [9.17, 15) is 37.1 Å². The smallest absolute Gasteiger partial charge is 0.370 e. The number of H-pyrrole nitrogens is 1. The van der Waals surface area contributed by atoms with Crippen molar-refractivity contribution in [2.45, 2.75) is 89.3 Å². The molecule has 6 aliphatic rings. The Bertz CT molecular complexity index is 2420. The standard InChI is InChI=1S/C44H46F3N9O5/c1-25-16-30-29(3-5-34-33(30)20-49-51-34)39(55(25)24-44(45,46)47)35-4-2-28(19-48-35)53-12-8-43(9-13-53)10-14-54(15-11-43)38(58)23-52-21-26-17-31-32(18-27(26)22-52)42(61)56(41(31)60)36-6-7-37(57)50-40(36)59/h2-5,17-20,25,36,39H,6-16,21-24H2,1H3,(H,49,51)(H,50,57,59). The van der Waals surface area contributed by atoms with Crippen LogP contribution in [0.2, 0.25) is 0 Å². The number of nitrogens with zero attached hydrogens (tertiary/aromatic N) is 7. The maximum absolute atomic E-state index is 13.9. The molecule has 0 saturated carbocycles. The number of hydrogen-bond donors (Lipinski definition) is 2. The molecular weight excluding hydrogens is 792 g/mol. The topological polar surface area (TPSA) is 155 Å². The van der Waals surface area contributed by atoms with Crippen molar-refractivity contribution < 1.29 is 37.1 Å². The number of anilines is 1. The Kier molecular flexibility index (Phi) is 9.54. The number of carbonyl (C=O) groups excluding carboxylic acids is 5. The summed E-state index contributed by atoms with van der Waals surface area (Å²) in [7, 11) is 0. The van der Waals surface area contributed by atoms with E-state index in [0.29, 0.717) is 38.3 Å². The molecule has 0 aliphatic carbocycles. The summed E-state index contributed by atoms with van der Waals surface area (Å²) >= 11 is 0. The molecule has 17 heteroatoms. The minimum absolute atomic E-state index is 0.0490. The van der Waals surface area contributed by atoms with Crippen LogP contribution in [-0.2, 0) is 33.9 Å². The Labute approximate surface area is 349 Å². The number of piperidine rings is 3. The third-order valence-corrected chi connectivity index (χ3v) is 14.1. The van der Waals surface area contributed by atoms with E-state index in [4.69, 9.17) is 4.98 Å². The fraction of sp³-hybridized carbons (Fsp3) is 0.477. The number of benzene rings is 2. The zero-order valence-corrected chi connectivity index (χ0v) is 33.8. The predicted octanol–water partition coefficient (Wildman–Crippen LogP) is 4.48. The molecule has 4 aromatic rings. The van der Waals surface area contributed by atoms with Crippen molar-refractivity contribution in [2.75, 3.05) is 44.2 Å². The number of nitrogens with one attached hydrogen (secondary N) is 2. The lowest BCUT2D eigenvalue weighted by Gasteiger charge is -2.47. The molecule has 5 amide bonds. The second-order valence-electron chi connectivity index (χ2n) is 17.8. The number of rotatable bonds is 6. The van der Waals surface area contributed by atoms with Gasteiger partial charge < -0.3 is 9.80 Å². The molecule has 2 aromatic carbocycles. The van der Waals surface area contributed by atoms with Crippen LogP contribution >= 0.6 is 0 Å². The van der Waals surface area contributed by atoms with Gasteiger partial charge in [-0.05, 0) is 103 Å². The summed E-state index contributed by atoms with van der Waals surface area (Å²) in [6.07, 6.45) is 3.57. The largest absolute Gasteiger partial charge is 0.401 e. The van der Waals surface area contributed by atoms with Gasteiger partial charge in [0.1, 0.15) is 6.04 Å². The van der Waals surface area contributed by atoms with Crippen molar-refractivity contribution in [1.29, 1.82) is 0 Å². The van der Waals surface area contributed by atoms with Gasteiger partial charge in [-0.15, -0.1) is 0 Å². The Morgan fingerprint density at radius 3 is 2.23 bits per heavy atom. The number of imide groups is 2. The molecule has 0 radical (unpaired) electrons. The van der Waals surface area contributed by atoms with Gasteiger partial charge in [0, 0.05) is 57.1 Å². The summed E-state index contributed by atoms with van der Waals surface area (Å²) in [4.78, 5) is 77.9. The van der Waals surface area contributed by atoms with E-state index in [1.807, 2.05) is 41.0 Å². The first-order valence-electron chi connectivity index (χ1n) is 21.1. The number of alkyl halides is 3. The summed E-state index contributed by atoms with van der Waals surface area (Å²) in [5.74, 6) is -2.09. The van der Waals surface area contributed by atoms with Crippen molar-refractivity contribution in [2.24, 2.45) is 5.41 Å². The zero-order valence-electron chi connectivity index (χ0n) is 33.8. The second-order valence-corrected chi connectivity index (χ2v) is 17.8. The lowest BCUT2D eigenvalue weighted by molar-refractivity contribution is -0.155. The number of likely N-dealkylation sites (tertiary alicyclic amines) is 1. The van der Waals surface area contributed by atoms with Crippen LogP contribution in [0.1, 0.15) is 100 Å². The zero-order chi connectivity index (χ0) is 42.4. The number of hydrogen-bond acceptors (Lipinski definition) is 10. The minimum Gasteiger partial charge on any atom is -0.370 e. The predicted molar refractivity (Wildman–Crippen MR) is 215 cm³/mol. The second kappa shape index (κ2) is 14.8. The van der Waals surface area contributed by atoms with Crippen LogP contribution in [0.5, 0.6) is 0 Å². The molecule has 3 unspecified atom stereocenters. The molecule has 318 valence electrons. The van der Waals surface area contributed by atoms with Crippen molar-refractivity contribution >= 4 is 46.1 Å². The Balaban J connectivity index is 0.739. The van der Waals surface area contributed by atoms with Crippen LogP contribution in [0.3, 0.4) is 0 Å². The van der Waals surface area contributed by atoms with Gasteiger partial charge in [0.2, 0.25) is 17.7 Å². The number of aromatic nitrogens is 3. The summed E-state index contributed by atoms with van der Waals surface area (Å²) in [5, 5.41) is 10.3. The maximum Gasteiger partial charge on any atom is 0.401 e. The van der Waals surface area contributed by atoms with Gasteiger partial charge >= 0.3 is 6.18 Å². The van der Waals surface area contributed by atoms with Crippen molar-refractivity contribution in [3.63, 3.8) is 0 Å². The quantitative estimate of drug-likeness (QED) is 0.266. The van der Waals surface area contributed by atoms with E-state index in [1.165, 1.54) is 4.90 Å². The highest BCUT2D eigenvalue weighted by atomic mass is 19.4. The van der Waals surface area contributed by atoms with E-state index in [2.05, 4.69) is 20.4 Å². The average molecular weight is 838 g/mol. The minimum atomic E-state index is -4.36. The molecule has 6 aliphatic heterocycles. The average Bonchev–Trinajstić information content (AvgIpc) is 3.94. The van der Waals surface area contributed by atoms with Crippen molar-refractivity contribution in [3.05, 3.63) is 87.9 Å². The molecule has 14 nitrogen and oxygen atoms in total. The highest BCUT2D eigenvalue weighted by Gasteiger charge is 2.46. The van der Waals surface area contributed by atoms with Crippen molar-refractivity contribution in [1.82, 2.24) is 40.1 Å². The summed E-state index contributed by atoms with van der Waals surface area (Å²) in [6.45, 7) is 4.95. The molecule has 1 spiro atoms. The molecule has 3 saturated heterocycles.